The fraction of sp³-hybridized carbons (Fsp3) is 1.00. The Labute approximate surface area is 189 Å². The van der Waals surface area contributed by atoms with Gasteiger partial charge in [-0.25, -0.2) is 0 Å². The Balaban J connectivity index is 1.64. The highest BCUT2D eigenvalue weighted by molar-refractivity contribution is 5.36. The van der Waals surface area contributed by atoms with Crippen molar-refractivity contribution in [3.63, 3.8) is 0 Å². The minimum atomic E-state index is -1.54. The van der Waals surface area contributed by atoms with Crippen molar-refractivity contribution in [1.82, 2.24) is 4.90 Å². The van der Waals surface area contributed by atoms with Gasteiger partial charge in [-0.3, -0.25) is 4.90 Å². The number of rotatable bonds is 5. The predicted octanol–water partition coefficient (Wildman–Crippen LogP) is -0.527. The highest BCUT2D eigenvalue weighted by Crippen LogP contribution is 2.79. The van der Waals surface area contributed by atoms with Gasteiger partial charge in [-0.1, -0.05) is 6.92 Å². The fourth-order valence-electron chi connectivity index (χ4n) is 10.7. The van der Waals surface area contributed by atoms with Crippen LogP contribution in [0.4, 0.5) is 0 Å². The lowest BCUT2D eigenvalue weighted by atomic mass is 9.43. The van der Waals surface area contributed by atoms with Crippen LogP contribution in [0.2, 0.25) is 0 Å². The van der Waals surface area contributed by atoms with Gasteiger partial charge in [0, 0.05) is 68.4 Å². The number of aliphatic hydroxyl groups excluding tert-OH is 3. The standard InChI is InChI=1S/C24H39NO7/c1-5-25-9-22(10-30-2)7-6-13(26)23-12-8-11-16(27)14(12)24(29,21(28)17(11)31-3)15(20(23)25)18(32-4)19(22)23/h11-21,26-29H,5-10H2,1-4H3/t11-,12-,13+,14-,15?,16+,17-,18+,19-,20-,21+,22+,23+,24-/m1/s1. The first-order valence-corrected chi connectivity index (χ1v) is 12.3. The third-order valence-electron chi connectivity index (χ3n) is 11.2. The van der Waals surface area contributed by atoms with Crippen LogP contribution in [-0.2, 0) is 14.2 Å². The zero-order valence-corrected chi connectivity index (χ0v) is 19.6. The van der Waals surface area contributed by atoms with Gasteiger partial charge in [0.1, 0.15) is 11.7 Å². The molecule has 6 rings (SSSR count). The van der Waals surface area contributed by atoms with E-state index in [4.69, 9.17) is 14.2 Å². The molecule has 5 aliphatic carbocycles. The molecule has 0 radical (unpaired) electrons. The first-order chi connectivity index (χ1) is 15.3. The number of methoxy groups -OCH3 is 3. The minimum absolute atomic E-state index is 0.000250. The summed E-state index contributed by atoms with van der Waals surface area (Å²) in [6, 6.07) is -0.120. The Morgan fingerprint density at radius 3 is 2.38 bits per heavy atom. The van der Waals surface area contributed by atoms with Gasteiger partial charge in [-0.15, -0.1) is 0 Å². The Bertz CT molecular complexity index is 783. The average molecular weight is 454 g/mol. The van der Waals surface area contributed by atoms with Crippen LogP contribution < -0.4 is 0 Å². The van der Waals surface area contributed by atoms with Crippen LogP contribution in [0, 0.1) is 40.4 Å². The van der Waals surface area contributed by atoms with Crippen LogP contribution in [-0.4, -0.2) is 109 Å². The first-order valence-electron chi connectivity index (χ1n) is 12.3. The third-order valence-corrected chi connectivity index (χ3v) is 11.2. The Morgan fingerprint density at radius 2 is 1.75 bits per heavy atom. The van der Waals surface area contributed by atoms with E-state index in [-0.39, 0.29) is 35.3 Å². The second kappa shape index (κ2) is 6.88. The summed E-state index contributed by atoms with van der Waals surface area (Å²) in [5.41, 5.74) is -2.24. The summed E-state index contributed by atoms with van der Waals surface area (Å²) in [6.07, 6.45) is -1.22. The summed E-state index contributed by atoms with van der Waals surface area (Å²) in [6.45, 7) is 4.33. The maximum atomic E-state index is 12.5. The zero-order chi connectivity index (χ0) is 22.8. The fourth-order valence-corrected chi connectivity index (χ4v) is 10.7. The van der Waals surface area contributed by atoms with E-state index in [0.717, 1.165) is 19.5 Å². The summed E-state index contributed by atoms with van der Waals surface area (Å²) in [5.74, 6) is -1.29. The molecule has 14 atom stereocenters. The van der Waals surface area contributed by atoms with Crippen molar-refractivity contribution in [2.45, 2.75) is 68.3 Å². The normalized spacial score (nSPS) is 62.4. The number of aliphatic hydroxyl groups is 4. The molecule has 4 N–H and O–H groups in total. The number of nitrogens with zero attached hydrogens (tertiary/aromatic N) is 1. The number of piperidine rings is 1. The van der Waals surface area contributed by atoms with E-state index in [1.165, 1.54) is 0 Å². The van der Waals surface area contributed by atoms with Crippen molar-refractivity contribution in [3.05, 3.63) is 0 Å². The lowest BCUT2D eigenvalue weighted by Gasteiger charge is -2.69. The van der Waals surface area contributed by atoms with Gasteiger partial charge in [0.15, 0.2) is 0 Å². The second-order valence-electron chi connectivity index (χ2n) is 11.6. The van der Waals surface area contributed by atoms with Crippen molar-refractivity contribution in [2.24, 2.45) is 40.4 Å². The second-order valence-corrected chi connectivity index (χ2v) is 11.6. The van der Waals surface area contributed by atoms with Gasteiger partial charge >= 0.3 is 0 Å². The quantitative estimate of drug-likeness (QED) is 0.440. The summed E-state index contributed by atoms with van der Waals surface area (Å²) in [7, 11) is 4.98. The maximum Gasteiger partial charge on any atom is 0.110 e. The highest BCUT2D eigenvalue weighted by Gasteiger charge is 2.87. The Morgan fingerprint density at radius 1 is 1.03 bits per heavy atom. The van der Waals surface area contributed by atoms with Gasteiger partial charge in [0.05, 0.1) is 31.0 Å². The van der Waals surface area contributed by atoms with Crippen LogP contribution in [0.15, 0.2) is 0 Å². The SMILES string of the molecule is CCN1C[C@]2(COC)CC[C@H](O)[C@@]34[C@@H]5C[C@@H]6[C@H](O)[C@@H]5[C@@](O)(C([C@H](OC)[C@H]23)[C@@H]14)[C@@H](O)[C@@H]6OC. The summed E-state index contributed by atoms with van der Waals surface area (Å²) in [5, 5.41) is 47.3. The molecule has 7 bridgehead atoms. The molecule has 1 unspecified atom stereocenters. The van der Waals surface area contributed by atoms with Crippen molar-refractivity contribution in [3.8, 4) is 0 Å². The van der Waals surface area contributed by atoms with Crippen molar-refractivity contribution in [2.75, 3.05) is 41.0 Å². The highest BCUT2D eigenvalue weighted by atomic mass is 16.5. The molecule has 6 aliphatic rings. The molecular formula is C24H39NO7. The zero-order valence-electron chi connectivity index (χ0n) is 19.6. The number of fused-ring (bicyclic) bond motifs is 2. The van der Waals surface area contributed by atoms with Crippen molar-refractivity contribution >= 4 is 0 Å². The van der Waals surface area contributed by atoms with Gasteiger partial charge in [-0.05, 0) is 31.7 Å². The van der Waals surface area contributed by atoms with E-state index in [9.17, 15) is 20.4 Å². The Hall–Kier alpha value is -0.320. The van der Waals surface area contributed by atoms with E-state index in [1.54, 1.807) is 21.3 Å². The van der Waals surface area contributed by atoms with E-state index in [2.05, 4.69) is 11.8 Å². The molecule has 0 aromatic heterocycles. The molecule has 5 saturated carbocycles. The van der Waals surface area contributed by atoms with Crippen LogP contribution in [0.1, 0.15) is 26.2 Å². The number of likely N-dealkylation sites (tertiary alicyclic amines) is 1. The molecule has 6 fully saturated rings. The summed E-state index contributed by atoms with van der Waals surface area (Å²) >= 11 is 0. The van der Waals surface area contributed by atoms with Gasteiger partial charge in [0.2, 0.25) is 0 Å². The average Bonchev–Trinajstić information content (AvgIpc) is 3.19. The molecule has 32 heavy (non-hydrogen) atoms. The number of hydrogen-bond acceptors (Lipinski definition) is 8. The molecule has 0 aromatic rings. The van der Waals surface area contributed by atoms with E-state index in [1.807, 2.05) is 0 Å². The molecule has 1 spiro atoms. The summed E-state index contributed by atoms with van der Waals surface area (Å²) in [4.78, 5) is 2.42. The molecular weight excluding hydrogens is 414 g/mol. The molecule has 182 valence electrons. The number of ether oxygens (including phenoxy) is 3. The monoisotopic (exact) mass is 453 g/mol. The van der Waals surface area contributed by atoms with Crippen molar-refractivity contribution < 1.29 is 34.6 Å². The summed E-state index contributed by atoms with van der Waals surface area (Å²) < 4.78 is 17.7. The lowest BCUT2D eigenvalue weighted by molar-refractivity contribution is -0.297. The van der Waals surface area contributed by atoms with E-state index >= 15 is 0 Å². The Kier molecular flexibility index (Phi) is 4.76. The molecule has 8 heteroatoms. The largest absolute Gasteiger partial charge is 0.392 e. The van der Waals surface area contributed by atoms with Crippen LogP contribution in [0.3, 0.4) is 0 Å². The minimum Gasteiger partial charge on any atom is -0.392 e. The topological polar surface area (TPSA) is 112 Å². The van der Waals surface area contributed by atoms with Crippen LogP contribution in [0.5, 0.6) is 0 Å². The van der Waals surface area contributed by atoms with Crippen LogP contribution in [0.25, 0.3) is 0 Å². The maximum absolute atomic E-state index is 12.5. The first kappa shape index (κ1) is 22.2. The van der Waals surface area contributed by atoms with Gasteiger partial charge in [-0.2, -0.15) is 0 Å². The van der Waals surface area contributed by atoms with Crippen LogP contribution >= 0.6 is 0 Å². The molecule has 1 aliphatic heterocycles. The lowest BCUT2D eigenvalue weighted by Crippen LogP contribution is -2.78. The molecule has 1 heterocycles. The molecule has 8 nitrogen and oxygen atoms in total. The molecule has 0 aromatic carbocycles. The number of hydrogen-bond donors (Lipinski definition) is 4. The van der Waals surface area contributed by atoms with Crippen molar-refractivity contribution in [1.29, 1.82) is 0 Å². The van der Waals surface area contributed by atoms with Gasteiger partial charge in [0.25, 0.3) is 0 Å². The third kappa shape index (κ3) is 2.07. The van der Waals surface area contributed by atoms with E-state index < -0.39 is 47.3 Å². The molecule has 1 saturated heterocycles. The van der Waals surface area contributed by atoms with E-state index in [0.29, 0.717) is 19.4 Å². The molecule has 0 amide bonds. The van der Waals surface area contributed by atoms with Gasteiger partial charge < -0.3 is 34.6 Å². The predicted molar refractivity (Wildman–Crippen MR) is 114 cm³/mol. The smallest absolute Gasteiger partial charge is 0.110 e.